The van der Waals surface area contributed by atoms with Crippen LogP contribution < -0.4 is 10.6 Å². The molecule has 0 unspecified atom stereocenters. The lowest BCUT2D eigenvalue weighted by molar-refractivity contribution is -0.120. The summed E-state index contributed by atoms with van der Waals surface area (Å²) in [6.45, 7) is 2.46. The number of ketones is 1. The summed E-state index contributed by atoms with van der Waals surface area (Å²) in [5.74, 6) is 0.766. The second-order valence-corrected chi connectivity index (χ2v) is 6.69. The van der Waals surface area contributed by atoms with E-state index in [1.807, 2.05) is 29.2 Å². The van der Waals surface area contributed by atoms with E-state index in [2.05, 4.69) is 6.07 Å². The van der Waals surface area contributed by atoms with Crippen molar-refractivity contribution in [3.63, 3.8) is 0 Å². The Hall–Kier alpha value is -1.94. The first kappa shape index (κ1) is 15.9. The molecular formula is C19H24N2O2. The van der Waals surface area contributed by atoms with Gasteiger partial charge >= 0.3 is 0 Å². The normalized spacial score (nSPS) is 19.7. The molecule has 1 amide bonds. The molecule has 4 heteroatoms. The summed E-state index contributed by atoms with van der Waals surface area (Å²) >= 11 is 0. The van der Waals surface area contributed by atoms with E-state index in [1.165, 1.54) is 5.56 Å². The number of carbonyl (C=O) groups is 2. The predicted molar refractivity (Wildman–Crippen MR) is 91.1 cm³/mol. The third kappa shape index (κ3) is 3.70. The number of Topliss-reactive ketones (excluding diaryl/α,β-unsaturated/α-hetero) is 1. The number of benzene rings is 1. The first-order valence-electron chi connectivity index (χ1n) is 8.42. The molecule has 23 heavy (non-hydrogen) atoms. The maximum atomic E-state index is 12.5. The number of carbonyl (C=O) groups excluding carboxylic acids is 2. The van der Waals surface area contributed by atoms with E-state index in [0.29, 0.717) is 12.3 Å². The van der Waals surface area contributed by atoms with Gasteiger partial charge in [0.05, 0.1) is 6.04 Å². The van der Waals surface area contributed by atoms with Crippen LogP contribution >= 0.6 is 0 Å². The van der Waals surface area contributed by atoms with E-state index < -0.39 is 6.04 Å². The number of nitrogens with two attached hydrogens (primary N) is 1. The second-order valence-electron chi connectivity index (χ2n) is 6.69. The SMILES string of the molecule is C[C@H](N)C(=O)C[C@H](/C=C/C(=O)N1CCc2ccccc21)C1CC1. The van der Waals surface area contributed by atoms with Crippen molar-refractivity contribution in [1.82, 2.24) is 0 Å². The summed E-state index contributed by atoms with van der Waals surface area (Å²) in [5, 5.41) is 0. The van der Waals surface area contributed by atoms with Crippen molar-refractivity contribution in [2.75, 3.05) is 11.4 Å². The van der Waals surface area contributed by atoms with Crippen LogP contribution in [-0.2, 0) is 16.0 Å². The van der Waals surface area contributed by atoms with Gasteiger partial charge in [-0.1, -0.05) is 24.3 Å². The van der Waals surface area contributed by atoms with Crippen LogP contribution in [-0.4, -0.2) is 24.3 Å². The number of nitrogens with zero attached hydrogens (tertiary/aromatic N) is 1. The lowest BCUT2D eigenvalue weighted by Gasteiger charge is -2.16. The van der Waals surface area contributed by atoms with E-state index >= 15 is 0 Å². The molecule has 2 aliphatic rings. The van der Waals surface area contributed by atoms with Crippen LogP contribution in [0.15, 0.2) is 36.4 Å². The average Bonchev–Trinajstić information content (AvgIpc) is 3.29. The Morgan fingerprint density at radius 3 is 2.78 bits per heavy atom. The third-order valence-electron chi connectivity index (χ3n) is 4.81. The molecule has 1 aromatic carbocycles. The van der Waals surface area contributed by atoms with Crippen molar-refractivity contribution in [2.24, 2.45) is 17.6 Å². The van der Waals surface area contributed by atoms with Crippen molar-refractivity contribution in [1.29, 1.82) is 0 Å². The number of para-hydroxylation sites is 1. The Balaban J connectivity index is 1.66. The molecule has 1 aliphatic heterocycles. The highest BCUT2D eigenvalue weighted by molar-refractivity contribution is 6.02. The highest BCUT2D eigenvalue weighted by Gasteiger charge is 2.32. The van der Waals surface area contributed by atoms with Crippen LogP contribution in [0.3, 0.4) is 0 Å². The Morgan fingerprint density at radius 1 is 1.35 bits per heavy atom. The standard InChI is InChI=1S/C19H24N2O2/c1-13(20)18(22)12-16(14-6-7-14)8-9-19(23)21-11-10-15-4-2-3-5-17(15)21/h2-5,8-9,13-14,16H,6-7,10-12,20H2,1H3/b9-8+/t13-,16-/m0/s1. The van der Waals surface area contributed by atoms with Crippen molar-refractivity contribution >= 4 is 17.4 Å². The molecule has 0 spiro atoms. The predicted octanol–water partition coefficient (Wildman–Crippen LogP) is 2.46. The van der Waals surface area contributed by atoms with E-state index in [9.17, 15) is 9.59 Å². The molecule has 0 radical (unpaired) electrons. The quantitative estimate of drug-likeness (QED) is 0.821. The van der Waals surface area contributed by atoms with Crippen LogP contribution in [0.25, 0.3) is 0 Å². The van der Waals surface area contributed by atoms with Gasteiger partial charge in [0.25, 0.3) is 5.91 Å². The molecule has 1 fully saturated rings. The maximum Gasteiger partial charge on any atom is 0.250 e. The van der Waals surface area contributed by atoms with Gasteiger partial charge in [0.15, 0.2) is 0 Å². The van der Waals surface area contributed by atoms with Gasteiger partial charge < -0.3 is 10.6 Å². The van der Waals surface area contributed by atoms with E-state index in [0.717, 1.165) is 31.5 Å². The third-order valence-corrected chi connectivity index (χ3v) is 4.81. The number of fused-ring (bicyclic) bond motifs is 1. The van der Waals surface area contributed by atoms with Gasteiger partial charge in [-0.05, 0) is 55.7 Å². The summed E-state index contributed by atoms with van der Waals surface area (Å²) in [7, 11) is 0. The number of hydrogen-bond donors (Lipinski definition) is 1. The van der Waals surface area contributed by atoms with Crippen LogP contribution in [0.5, 0.6) is 0 Å². The molecule has 1 heterocycles. The number of amides is 1. The average molecular weight is 312 g/mol. The molecule has 1 saturated carbocycles. The van der Waals surface area contributed by atoms with Crippen LogP contribution in [0.4, 0.5) is 5.69 Å². The number of rotatable bonds is 6. The minimum absolute atomic E-state index is 0.00819. The summed E-state index contributed by atoms with van der Waals surface area (Å²) < 4.78 is 0. The monoisotopic (exact) mass is 312 g/mol. The first-order chi connectivity index (χ1) is 11.1. The van der Waals surface area contributed by atoms with Crippen molar-refractivity contribution in [2.45, 2.75) is 38.6 Å². The smallest absolute Gasteiger partial charge is 0.250 e. The minimum atomic E-state index is -0.425. The number of allylic oxidation sites excluding steroid dienone is 1. The zero-order valence-electron chi connectivity index (χ0n) is 13.6. The van der Waals surface area contributed by atoms with Gasteiger partial charge in [0, 0.05) is 18.7 Å². The molecule has 0 bridgehead atoms. The molecule has 4 nitrogen and oxygen atoms in total. The number of anilines is 1. The summed E-state index contributed by atoms with van der Waals surface area (Å²) in [5.41, 5.74) is 7.90. The molecule has 3 rings (SSSR count). The molecule has 0 saturated heterocycles. The Bertz CT molecular complexity index is 632. The van der Waals surface area contributed by atoms with Gasteiger partial charge in [-0.2, -0.15) is 0 Å². The van der Waals surface area contributed by atoms with E-state index in [-0.39, 0.29) is 17.6 Å². The summed E-state index contributed by atoms with van der Waals surface area (Å²) in [6.07, 6.45) is 7.22. The fourth-order valence-corrected chi connectivity index (χ4v) is 3.20. The van der Waals surface area contributed by atoms with Crippen LogP contribution in [0.1, 0.15) is 31.7 Å². The Morgan fingerprint density at radius 2 is 2.09 bits per heavy atom. The highest BCUT2D eigenvalue weighted by atomic mass is 16.2. The second kappa shape index (κ2) is 6.67. The lowest BCUT2D eigenvalue weighted by atomic mass is 9.94. The molecule has 1 aromatic rings. The van der Waals surface area contributed by atoms with E-state index in [1.54, 1.807) is 13.0 Å². The topological polar surface area (TPSA) is 63.4 Å². The number of hydrogen-bond acceptors (Lipinski definition) is 3. The summed E-state index contributed by atoms with van der Waals surface area (Å²) in [6, 6.07) is 7.60. The van der Waals surface area contributed by atoms with Gasteiger partial charge in [-0.3, -0.25) is 9.59 Å². The highest BCUT2D eigenvalue weighted by Crippen LogP contribution is 2.39. The maximum absolute atomic E-state index is 12.5. The first-order valence-corrected chi connectivity index (χ1v) is 8.42. The van der Waals surface area contributed by atoms with Crippen LogP contribution in [0.2, 0.25) is 0 Å². The van der Waals surface area contributed by atoms with Crippen molar-refractivity contribution in [3.8, 4) is 0 Å². The molecular weight excluding hydrogens is 288 g/mol. The largest absolute Gasteiger partial charge is 0.322 e. The molecule has 122 valence electrons. The van der Waals surface area contributed by atoms with Crippen molar-refractivity contribution < 1.29 is 9.59 Å². The minimum Gasteiger partial charge on any atom is -0.322 e. The zero-order valence-corrected chi connectivity index (χ0v) is 13.6. The molecule has 0 aromatic heterocycles. The van der Waals surface area contributed by atoms with E-state index in [4.69, 9.17) is 5.73 Å². The lowest BCUT2D eigenvalue weighted by Crippen LogP contribution is -2.29. The molecule has 1 aliphatic carbocycles. The fraction of sp³-hybridized carbons (Fsp3) is 0.474. The van der Waals surface area contributed by atoms with Gasteiger partial charge in [0.1, 0.15) is 5.78 Å². The Labute approximate surface area is 137 Å². The summed E-state index contributed by atoms with van der Waals surface area (Å²) in [4.78, 5) is 26.2. The van der Waals surface area contributed by atoms with Crippen molar-refractivity contribution in [3.05, 3.63) is 42.0 Å². The Kier molecular flexibility index (Phi) is 4.62. The molecule has 2 N–H and O–H groups in total. The fourth-order valence-electron chi connectivity index (χ4n) is 3.20. The van der Waals surface area contributed by atoms with Gasteiger partial charge in [0.2, 0.25) is 0 Å². The van der Waals surface area contributed by atoms with Gasteiger partial charge in [-0.15, -0.1) is 0 Å². The molecule has 2 atom stereocenters. The van der Waals surface area contributed by atoms with Crippen LogP contribution in [0, 0.1) is 11.8 Å². The zero-order chi connectivity index (χ0) is 16.4. The van der Waals surface area contributed by atoms with Gasteiger partial charge in [-0.25, -0.2) is 0 Å².